The Kier molecular flexibility index (Phi) is 6.08. The monoisotopic (exact) mass is 413 g/mol. The molecule has 0 N–H and O–H groups in total. The molecule has 0 atom stereocenters. The summed E-state index contributed by atoms with van der Waals surface area (Å²) in [6, 6.07) is 7.60. The maximum absolute atomic E-state index is 12.8. The van der Waals surface area contributed by atoms with E-state index in [1.54, 1.807) is 19.2 Å². The first-order chi connectivity index (χ1) is 13.4. The van der Waals surface area contributed by atoms with Crippen LogP contribution in [0.2, 0.25) is 5.02 Å². The van der Waals surface area contributed by atoms with Crippen molar-refractivity contribution in [2.45, 2.75) is 13.2 Å². The molecule has 0 radical (unpaired) electrons. The molecule has 28 heavy (non-hydrogen) atoms. The van der Waals surface area contributed by atoms with Gasteiger partial charge in [0.1, 0.15) is 13.2 Å². The summed E-state index contributed by atoms with van der Waals surface area (Å²) in [6.07, 6.45) is 0. The molecular weight excluding hydrogens is 396 g/mol. The lowest BCUT2D eigenvalue weighted by Crippen LogP contribution is -2.26. The predicted molar refractivity (Wildman–Crippen MR) is 97.9 cm³/mol. The van der Waals surface area contributed by atoms with Crippen molar-refractivity contribution in [3.63, 3.8) is 0 Å². The summed E-state index contributed by atoms with van der Waals surface area (Å²) in [5.74, 6) is 0.637. The lowest BCUT2D eigenvalue weighted by Gasteiger charge is -2.22. The molecule has 9 heteroatoms. The first kappa shape index (κ1) is 20.0. The fourth-order valence-corrected chi connectivity index (χ4v) is 3.07. The molecule has 0 fully saturated rings. The SMILES string of the molecule is COc1cc(CN(C)C(=O)c2cc(Cl)c3c(c2)OCCO3)ccc1OC(F)F. The number of carbonyl (C=O) groups is 1. The minimum Gasteiger partial charge on any atom is -0.493 e. The van der Waals surface area contributed by atoms with E-state index in [-0.39, 0.29) is 24.0 Å². The highest BCUT2D eigenvalue weighted by Crippen LogP contribution is 2.38. The summed E-state index contributed by atoms with van der Waals surface area (Å²) in [4.78, 5) is 14.2. The minimum absolute atomic E-state index is 0.0751. The number of alkyl halides is 2. The molecular formula is C19H18ClF2NO5. The number of hydrogen-bond donors (Lipinski definition) is 0. The number of nitrogens with zero attached hydrogens (tertiary/aromatic N) is 1. The zero-order chi connectivity index (χ0) is 20.3. The Hall–Kier alpha value is -2.74. The molecule has 0 saturated carbocycles. The molecule has 0 bridgehead atoms. The Labute approximate surface area is 165 Å². The van der Waals surface area contributed by atoms with E-state index < -0.39 is 6.61 Å². The van der Waals surface area contributed by atoms with Gasteiger partial charge in [0.25, 0.3) is 5.91 Å². The van der Waals surface area contributed by atoms with Crippen LogP contribution in [0.15, 0.2) is 30.3 Å². The normalized spacial score (nSPS) is 12.6. The second-order valence-corrected chi connectivity index (χ2v) is 6.41. The van der Waals surface area contributed by atoms with Gasteiger partial charge in [-0.1, -0.05) is 17.7 Å². The first-order valence-corrected chi connectivity index (χ1v) is 8.73. The molecule has 0 aromatic heterocycles. The van der Waals surface area contributed by atoms with Gasteiger partial charge in [-0.2, -0.15) is 8.78 Å². The van der Waals surface area contributed by atoms with Gasteiger partial charge in [-0.3, -0.25) is 4.79 Å². The van der Waals surface area contributed by atoms with E-state index in [4.69, 9.17) is 25.8 Å². The summed E-state index contributed by atoms with van der Waals surface area (Å²) in [5, 5.41) is 0.295. The van der Waals surface area contributed by atoms with E-state index in [1.165, 1.54) is 30.2 Å². The van der Waals surface area contributed by atoms with Crippen LogP contribution in [0.25, 0.3) is 0 Å². The molecule has 0 aliphatic carbocycles. The lowest BCUT2D eigenvalue weighted by atomic mass is 10.1. The molecule has 1 aliphatic rings. The molecule has 1 heterocycles. The molecule has 0 saturated heterocycles. The van der Waals surface area contributed by atoms with Gasteiger partial charge >= 0.3 is 6.61 Å². The van der Waals surface area contributed by atoms with Crippen molar-refractivity contribution in [2.75, 3.05) is 27.4 Å². The van der Waals surface area contributed by atoms with Crippen molar-refractivity contribution >= 4 is 17.5 Å². The van der Waals surface area contributed by atoms with E-state index in [9.17, 15) is 13.6 Å². The Bertz CT molecular complexity index is 878. The Morgan fingerprint density at radius 3 is 2.68 bits per heavy atom. The number of amides is 1. The van der Waals surface area contributed by atoms with Crippen molar-refractivity contribution in [2.24, 2.45) is 0 Å². The van der Waals surface area contributed by atoms with Crippen LogP contribution in [-0.2, 0) is 6.54 Å². The van der Waals surface area contributed by atoms with Crippen LogP contribution < -0.4 is 18.9 Å². The van der Waals surface area contributed by atoms with Gasteiger partial charge in [-0.15, -0.1) is 0 Å². The van der Waals surface area contributed by atoms with Crippen LogP contribution >= 0.6 is 11.6 Å². The van der Waals surface area contributed by atoms with Crippen molar-refractivity contribution in [3.8, 4) is 23.0 Å². The Morgan fingerprint density at radius 2 is 1.96 bits per heavy atom. The number of carbonyl (C=O) groups excluding carboxylic acids is 1. The predicted octanol–water partition coefficient (Wildman–Crippen LogP) is 3.99. The smallest absolute Gasteiger partial charge is 0.387 e. The molecule has 1 amide bonds. The second kappa shape index (κ2) is 8.52. The average Bonchev–Trinajstić information content (AvgIpc) is 2.68. The van der Waals surface area contributed by atoms with E-state index in [1.807, 2.05) is 0 Å². The number of halogens is 3. The molecule has 6 nitrogen and oxygen atoms in total. The van der Waals surface area contributed by atoms with Crippen molar-refractivity contribution in [1.82, 2.24) is 4.90 Å². The highest BCUT2D eigenvalue weighted by atomic mass is 35.5. The number of rotatable bonds is 6. The molecule has 1 aliphatic heterocycles. The summed E-state index contributed by atoms with van der Waals surface area (Å²) in [7, 11) is 2.96. The van der Waals surface area contributed by atoms with Gasteiger partial charge in [0.2, 0.25) is 0 Å². The number of benzene rings is 2. The van der Waals surface area contributed by atoms with Crippen LogP contribution in [0.4, 0.5) is 8.78 Å². The Morgan fingerprint density at radius 1 is 1.21 bits per heavy atom. The zero-order valence-corrected chi connectivity index (χ0v) is 16.0. The zero-order valence-electron chi connectivity index (χ0n) is 15.2. The maximum atomic E-state index is 12.8. The fourth-order valence-electron chi connectivity index (χ4n) is 2.80. The van der Waals surface area contributed by atoms with Crippen LogP contribution in [0, 0.1) is 0 Å². The molecule has 150 valence electrons. The van der Waals surface area contributed by atoms with E-state index in [2.05, 4.69) is 4.74 Å². The average molecular weight is 414 g/mol. The first-order valence-electron chi connectivity index (χ1n) is 8.35. The maximum Gasteiger partial charge on any atom is 0.387 e. The largest absolute Gasteiger partial charge is 0.493 e. The molecule has 3 rings (SSSR count). The van der Waals surface area contributed by atoms with Gasteiger partial charge < -0.3 is 23.8 Å². The third-order valence-corrected chi connectivity index (χ3v) is 4.34. The number of fused-ring (bicyclic) bond motifs is 1. The third kappa shape index (κ3) is 4.39. The van der Waals surface area contributed by atoms with Crippen LogP contribution in [0.3, 0.4) is 0 Å². The summed E-state index contributed by atoms with van der Waals surface area (Å²) in [6.45, 7) is -1.96. The summed E-state index contributed by atoms with van der Waals surface area (Å²) in [5.41, 5.74) is 1.03. The van der Waals surface area contributed by atoms with Crippen LogP contribution in [0.1, 0.15) is 15.9 Å². The fraction of sp³-hybridized carbons (Fsp3) is 0.316. The Balaban J connectivity index is 1.76. The molecule has 2 aromatic carbocycles. The lowest BCUT2D eigenvalue weighted by molar-refractivity contribution is -0.0512. The standard InChI is InChI=1S/C19H18ClF2NO5/c1-23(10-11-3-4-14(28-19(21)22)15(7-11)25-2)18(24)12-8-13(20)17-16(9-12)26-5-6-27-17/h3-4,7-9,19H,5-6,10H2,1-2H3. The molecule has 0 spiro atoms. The quantitative estimate of drug-likeness (QED) is 0.716. The van der Waals surface area contributed by atoms with Gasteiger partial charge in [0.15, 0.2) is 23.0 Å². The summed E-state index contributed by atoms with van der Waals surface area (Å²) >= 11 is 6.19. The second-order valence-electron chi connectivity index (χ2n) is 6.01. The van der Waals surface area contributed by atoms with E-state index >= 15 is 0 Å². The van der Waals surface area contributed by atoms with Gasteiger partial charge in [0, 0.05) is 19.2 Å². The van der Waals surface area contributed by atoms with Gasteiger partial charge in [0.05, 0.1) is 12.1 Å². The number of hydrogen-bond acceptors (Lipinski definition) is 5. The van der Waals surface area contributed by atoms with Gasteiger partial charge in [-0.25, -0.2) is 0 Å². The van der Waals surface area contributed by atoms with Crippen molar-refractivity contribution in [1.29, 1.82) is 0 Å². The van der Waals surface area contributed by atoms with Crippen molar-refractivity contribution in [3.05, 3.63) is 46.5 Å². The van der Waals surface area contributed by atoms with Crippen LogP contribution in [0.5, 0.6) is 23.0 Å². The molecule has 2 aromatic rings. The van der Waals surface area contributed by atoms with E-state index in [0.717, 1.165) is 0 Å². The number of methoxy groups -OCH3 is 1. The van der Waals surface area contributed by atoms with Crippen molar-refractivity contribution < 1.29 is 32.5 Å². The highest BCUT2D eigenvalue weighted by molar-refractivity contribution is 6.32. The minimum atomic E-state index is -2.95. The topological polar surface area (TPSA) is 57.2 Å². The summed E-state index contributed by atoms with van der Waals surface area (Å²) < 4.78 is 45.3. The van der Waals surface area contributed by atoms with Gasteiger partial charge in [-0.05, 0) is 29.8 Å². The van der Waals surface area contributed by atoms with E-state index in [0.29, 0.717) is 40.9 Å². The third-order valence-electron chi connectivity index (χ3n) is 4.05. The number of ether oxygens (including phenoxy) is 4. The van der Waals surface area contributed by atoms with Crippen LogP contribution in [-0.4, -0.2) is 44.8 Å². The highest BCUT2D eigenvalue weighted by Gasteiger charge is 2.21. The molecule has 0 unspecified atom stereocenters.